The van der Waals surface area contributed by atoms with E-state index in [2.05, 4.69) is 10.3 Å². The fraction of sp³-hybridized carbons (Fsp3) is 0.583. The number of rotatable bonds is 6. The van der Waals surface area contributed by atoms with Gasteiger partial charge >= 0.3 is 6.18 Å². The molecule has 6 heteroatoms. The Morgan fingerprint density at radius 1 is 1.28 bits per heavy atom. The smallest absolute Gasteiger partial charge is 0.389 e. The number of nitrogens with one attached hydrogen (secondary N) is 1. The molecule has 0 spiro atoms. The van der Waals surface area contributed by atoms with Gasteiger partial charge in [-0.15, -0.1) is 0 Å². The number of aromatic hydroxyl groups is 1. The molecule has 0 radical (unpaired) electrons. The monoisotopic (exact) mass is 262 g/mol. The van der Waals surface area contributed by atoms with Crippen LogP contribution in [0.25, 0.3) is 0 Å². The van der Waals surface area contributed by atoms with E-state index in [1.165, 1.54) is 0 Å². The van der Waals surface area contributed by atoms with E-state index in [4.69, 9.17) is 0 Å². The summed E-state index contributed by atoms with van der Waals surface area (Å²) in [5.41, 5.74) is 1.31. The number of aromatic nitrogens is 1. The topological polar surface area (TPSA) is 45.1 Å². The van der Waals surface area contributed by atoms with Gasteiger partial charge in [0.25, 0.3) is 0 Å². The van der Waals surface area contributed by atoms with Gasteiger partial charge in [0.15, 0.2) is 0 Å². The minimum atomic E-state index is -4.07. The molecule has 0 atom stereocenters. The summed E-state index contributed by atoms with van der Waals surface area (Å²) in [6.45, 7) is 2.65. The Labute approximate surface area is 104 Å². The van der Waals surface area contributed by atoms with E-state index in [1.54, 1.807) is 12.1 Å². The van der Waals surface area contributed by atoms with E-state index < -0.39 is 12.6 Å². The molecule has 1 heterocycles. The molecule has 0 amide bonds. The first-order valence-electron chi connectivity index (χ1n) is 5.81. The van der Waals surface area contributed by atoms with Gasteiger partial charge in [-0.1, -0.05) is 0 Å². The summed E-state index contributed by atoms with van der Waals surface area (Å²) in [7, 11) is 0. The van der Waals surface area contributed by atoms with Crippen LogP contribution < -0.4 is 5.32 Å². The summed E-state index contributed by atoms with van der Waals surface area (Å²) in [5.74, 6) is 0.100. The lowest BCUT2D eigenvalue weighted by atomic mass is 10.2. The maximum absolute atomic E-state index is 11.9. The largest absolute Gasteiger partial charge is 0.506 e. The second-order valence-corrected chi connectivity index (χ2v) is 4.17. The highest BCUT2D eigenvalue weighted by molar-refractivity contribution is 5.27. The van der Waals surface area contributed by atoms with Gasteiger partial charge in [-0.2, -0.15) is 13.2 Å². The number of nitrogens with zero attached hydrogens (tertiary/aromatic N) is 1. The van der Waals surface area contributed by atoms with Crippen LogP contribution in [0.5, 0.6) is 5.75 Å². The molecule has 0 aliphatic carbocycles. The molecule has 1 rings (SSSR count). The average molecular weight is 262 g/mol. The Morgan fingerprint density at radius 2 is 2.00 bits per heavy atom. The third-order valence-corrected chi connectivity index (χ3v) is 2.45. The number of halogens is 3. The van der Waals surface area contributed by atoms with Crippen LogP contribution in [0.2, 0.25) is 0 Å². The first-order chi connectivity index (χ1) is 8.38. The number of unbranched alkanes of at least 4 members (excludes halogenated alkanes) is 1. The third kappa shape index (κ3) is 5.86. The first-order valence-corrected chi connectivity index (χ1v) is 5.81. The lowest BCUT2D eigenvalue weighted by Gasteiger charge is -2.08. The van der Waals surface area contributed by atoms with Crippen LogP contribution in [-0.4, -0.2) is 22.8 Å². The lowest BCUT2D eigenvalue weighted by molar-refractivity contribution is -0.135. The molecule has 0 saturated carbocycles. The van der Waals surface area contributed by atoms with Crippen LogP contribution >= 0.6 is 0 Å². The van der Waals surface area contributed by atoms with Crippen LogP contribution in [-0.2, 0) is 6.54 Å². The summed E-state index contributed by atoms with van der Waals surface area (Å²) in [4.78, 5) is 4.14. The molecule has 1 aromatic heterocycles. The SMILES string of the molecule is Cc1ccc(O)c(CNCCCCC(F)(F)F)n1. The second-order valence-electron chi connectivity index (χ2n) is 4.17. The van der Waals surface area contributed by atoms with Crippen molar-refractivity contribution in [2.75, 3.05) is 6.54 Å². The highest BCUT2D eigenvalue weighted by Gasteiger charge is 2.25. The zero-order chi connectivity index (χ0) is 13.6. The maximum atomic E-state index is 11.9. The predicted molar refractivity (Wildman–Crippen MR) is 62.3 cm³/mol. The van der Waals surface area contributed by atoms with Crippen molar-refractivity contribution >= 4 is 0 Å². The van der Waals surface area contributed by atoms with Gasteiger partial charge < -0.3 is 10.4 Å². The Hall–Kier alpha value is -1.30. The molecule has 0 saturated heterocycles. The highest BCUT2D eigenvalue weighted by atomic mass is 19.4. The minimum Gasteiger partial charge on any atom is -0.506 e. The standard InChI is InChI=1S/C12H17F3N2O/c1-9-4-5-11(18)10(17-9)8-16-7-3-2-6-12(13,14)15/h4-5,16,18H,2-3,6-8H2,1H3. The molecular formula is C12H17F3N2O. The van der Waals surface area contributed by atoms with Gasteiger partial charge in [-0.05, 0) is 38.4 Å². The summed E-state index contributed by atoms with van der Waals surface area (Å²) < 4.78 is 35.6. The lowest BCUT2D eigenvalue weighted by Crippen LogP contribution is -2.17. The van der Waals surface area contributed by atoms with Gasteiger partial charge in [0, 0.05) is 18.7 Å². The van der Waals surface area contributed by atoms with Crippen molar-refractivity contribution in [2.45, 2.75) is 38.9 Å². The minimum absolute atomic E-state index is 0.100. The molecule has 0 bridgehead atoms. The Morgan fingerprint density at radius 3 is 2.67 bits per heavy atom. The van der Waals surface area contributed by atoms with Crippen molar-refractivity contribution in [3.63, 3.8) is 0 Å². The molecule has 0 aliphatic rings. The van der Waals surface area contributed by atoms with E-state index in [0.29, 0.717) is 25.2 Å². The molecular weight excluding hydrogens is 245 g/mol. The van der Waals surface area contributed by atoms with E-state index in [0.717, 1.165) is 5.69 Å². The first kappa shape index (κ1) is 14.8. The Kier molecular flexibility index (Phi) is 5.40. The van der Waals surface area contributed by atoms with Gasteiger partial charge in [0.1, 0.15) is 5.75 Å². The van der Waals surface area contributed by atoms with Crippen LogP contribution in [0.4, 0.5) is 13.2 Å². The number of aryl methyl sites for hydroxylation is 1. The van der Waals surface area contributed by atoms with Crippen molar-refractivity contribution in [1.29, 1.82) is 0 Å². The quantitative estimate of drug-likeness (QED) is 0.775. The van der Waals surface area contributed by atoms with Crippen LogP contribution in [0.15, 0.2) is 12.1 Å². The third-order valence-electron chi connectivity index (χ3n) is 2.45. The normalized spacial score (nSPS) is 11.8. The summed E-state index contributed by atoms with van der Waals surface area (Å²) in [5, 5.41) is 12.5. The number of alkyl halides is 3. The summed E-state index contributed by atoms with van der Waals surface area (Å²) in [6.07, 6.45) is -4.26. The van der Waals surface area contributed by atoms with Crippen molar-refractivity contribution in [1.82, 2.24) is 10.3 Å². The average Bonchev–Trinajstić information content (AvgIpc) is 2.26. The summed E-state index contributed by atoms with van der Waals surface area (Å²) >= 11 is 0. The molecule has 3 nitrogen and oxygen atoms in total. The molecule has 1 aromatic rings. The zero-order valence-electron chi connectivity index (χ0n) is 10.2. The molecule has 0 aromatic carbocycles. The van der Waals surface area contributed by atoms with Crippen molar-refractivity contribution < 1.29 is 18.3 Å². The molecule has 0 unspecified atom stereocenters. The van der Waals surface area contributed by atoms with Crippen molar-refractivity contribution in [3.8, 4) is 5.75 Å². The molecule has 2 N–H and O–H groups in total. The Balaban J connectivity index is 2.20. The molecule has 0 fully saturated rings. The van der Waals surface area contributed by atoms with E-state index in [9.17, 15) is 18.3 Å². The molecule has 102 valence electrons. The van der Waals surface area contributed by atoms with Gasteiger partial charge in [0.2, 0.25) is 0 Å². The number of pyridine rings is 1. The predicted octanol–water partition coefficient (Wildman–Crippen LogP) is 2.92. The maximum Gasteiger partial charge on any atom is 0.389 e. The fourth-order valence-electron chi connectivity index (χ4n) is 1.52. The van der Waals surface area contributed by atoms with Gasteiger partial charge in [-0.25, -0.2) is 0 Å². The van der Waals surface area contributed by atoms with E-state index >= 15 is 0 Å². The summed E-state index contributed by atoms with van der Waals surface area (Å²) in [6, 6.07) is 3.26. The van der Waals surface area contributed by atoms with Gasteiger partial charge in [0.05, 0.1) is 5.69 Å². The number of hydrogen-bond acceptors (Lipinski definition) is 3. The van der Waals surface area contributed by atoms with Crippen LogP contribution in [0.3, 0.4) is 0 Å². The molecule has 0 aliphatic heterocycles. The van der Waals surface area contributed by atoms with Gasteiger partial charge in [-0.3, -0.25) is 4.98 Å². The number of hydrogen-bond donors (Lipinski definition) is 2. The Bertz CT molecular complexity index is 380. The van der Waals surface area contributed by atoms with E-state index in [1.807, 2.05) is 6.92 Å². The zero-order valence-corrected chi connectivity index (χ0v) is 10.2. The fourth-order valence-corrected chi connectivity index (χ4v) is 1.52. The highest BCUT2D eigenvalue weighted by Crippen LogP contribution is 2.21. The second kappa shape index (κ2) is 6.58. The van der Waals surface area contributed by atoms with E-state index in [-0.39, 0.29) is 12.2 Å². The van der Waals surface area contributed by atoms with Crippen molar-refractivity contribution in [2.24, 2.45) is 0 Å². The van der Waals surface area contributed by atoms with Crippen molar-refractivity contribution in [3.05, 3.63) is 23.5 Å². The molecule has 18 heavy (non-hydrogen) atoms. The van der Waals surface area contributed by atoms with Crippen LogP contribution in [0.1, 0.15) is 30.7 Å². The van der Waals surface area contributed by atoms with Crippen LogP contribution in [0, 0.1) is 6.92 Å².